The first-order chi connectivity index (χ1) is 28.7. The van der Waals surface area contributed by atoms with Gasteiger partial charge in [0.25, 0.3) is 0 Å². The van der Waals surface area contributed by atoms with Gasteiger partial charge in [0.05, 0.1) is 11.4 Å². The van der Waals surface area contributed by atoms with Crippen molar-refractivity contribution in [3.63, 3.8) is 0 Å². The smallest absolute Gasteiger partial charge is 0.164 e. The van der Waals surface area contributed by atoms with E-state index in [1.807, 2.05) is 72.8 Å². The van der Waals surface area contributed by atoms with Crippen molar-refractivity contribution in [3.05, 3.63) is 218 Å². The summed E-state index contributed by atoms with van der Waals surface area (Å²) < 4.78 is 0. The second-order valence-corrected chi connectivity index (χ2v) is 14.3. The molecule has 10 aromatic rings. The van der Waals surface area contributed by atoms with Crippen LogP contribution in [0.25, 0.3) is 101 Å². The number of benzene rings is 8. The molecule has 2 heterocycles. The Morgan fingerprint density at radius 3 is 0.862 bits per heavy atom. The van der Waals surface area contributed by atoms with Gasteiger partial charge in [-0.2, -0.15) is 0 Å². The van der Waals surface area contributed by atoms with Gasteiger partial charge in [0.15, 0.2) is 17.5 Å². The van der Waals surface area contributed by atoms with E-state index in [0.717, 1.165) is 61.5 Å². The average Bonchev–Trinajstić information content (AvgIpc) is 3.32. The molecule has 2 aromatic heterocycles. The lowest BCUT2D eigenvalue weighted by molar-refractivity contribution is 1.07. The molecule has 0 fully saturated rings. The molecule has 0 N–H and O–H groups in total. The minimum Gasteiger partial charge on any atom is -0.248 e. The summed E-state index contributed by atoms with van der Waals surface area (Å²) in [5.74, 6) is 1.96. The highest BCUT2D eigenvalue weighted by Gasteiger charge is 2.13. The molecule has 0 radical (unpaired) electrons. The molecule has 0 bridgehead atoms. The van der Waals surface area contributed by atoms with E-state index in [1.54, 1.807) is 0 Å². The van der Waals surface area contributed by atoms with E-state index in [4.69, 9.17) is 19.9 Å². The third kappa shape index (κ3) is 7.18. The zero-order valence-corrected chi connectivity index (χ0v) is 31.6. The second kappa shape index (κ2) is 15.4. The molecule has 0 spiro atoms. The van der Waals surface area contributed by atoms with Crippen molar-refractivity contribution in [1.82, 2.24) is 19.9 Å². The maximum absolute atomic E-state index is 5.05. The fourth-order valence-electron chi connectivity index (χ4n) is 7.42. The number of pyridine rings is 1. The molecule has 0 saturated heterocycles. The summed E-state index contributed by atoms with van der Waals surface area (Å²) in [6.07, 6.45) is 0. The highest BCUT2D eigenvalue weighted by molar-refractivity contribution is 5.91. The predicted octanol–water partition coefficient (Wildman–Crippen LogP) is 13.8. The van der Waals surface area contributed by atoms with Crippen LogP contribution in [-0.2, 0) is 0 Å². The summed E-state index contributed by atoms with van der Waals surface area (Å²) in [5.41, 5.74) is 13.9. The van der Waals surface area contributed by atoms with Gasteiger partial charge in [0.1, 0.15) is 0 Å². The van der Waals surface area contributed by atoms with Gasteiger partial charge in [-0.05, 0) is 68.4 Å². The molecule has 58 heavy (non-hydrogen) atoms. The number of fused-ring (bicyclic) bond motifs is 1. The minimum absolute atomic E-state index is 0.646. The van der Waals surface area contributed by atoms with Crippen LogP contribution in [0.2, 0.25) is 0 Å². The quantitative estimate of drug-likeness (QED) is 0.156. The Bertz CT molecular complexity index is 2680. The fraction of sp³-hybridized carbons (Fsp3) is 0. The van der Waals surface area contributed by atoms with E-state index in [1.165, 1.54) is 21.9 Å². The van der Waals surface area contributed by atoms with Gasteiger partial charge >= 0.3 is 0 Å². The molecule has 4 nitrogen and oxygen atoms in total. The van der Waals surface area contributed by atoms with E-state index in [9.17, 15) is 0 Å². The third-order valence-corrected chi connectivity index (χ3v) is 10.5. The van der Waals surface area contributed by atoms with Gasteiger partial charge in [0, 0.05) is 27.8 Å². The van der Waals surface area contributed by atoms with Crippen LogP contribution in [0.5, 0.6) is 0 Å². The molecule has 0 aliphatic carbocycles. The average molecular weight is 741 g/mol. The monoisotopic (exact) mass is 740 g/mol. The first-order valence-corrected chi connectivity index (χ1v) is 19.5. The van der Waals surface area contributed by atoms with Crippen LogP contribution >= 0.6 is 0 Å². The molecule has 0 unspecified atom stereocenters. The summed E-state index contributed by atoms with van der Waals surface area (Å²) in [6.45, 7) is 0. The van der Waals surface area contributed by atoms with E-state index < -0.39 is 0 Å². The van der Waals surface area contributed by atoms with Gasteiger partial charge in [-0.25, -0.2) is 19.9 Å². The first kappa shape index (κ1) is 34.7. The SMILES string of the molecule is c1ccc(-c2cc(-c3ccc(-c4ccc5cc(-c6ccc(-c7nc(-c8ccccc8)nc(-c8ccccc8)n7)cc6)ccc5c4)cc3)cc(-c3ccccc3)n2)cc1. The maximum atomic E-state index is 5.05. The van der Waals surface area contributed by atoms with Gasteiger partial charge in [0.2, 0.25) is 0 Å². The topological polar surface area (TPSA) is 51.6 Å². The van der Waals surface area contributed by atoms with Crippen molar-refractivity contribution in [2.75, 3.05) is 0 Å². The molecular formula is C54H36N4. The Balaban J connectivity index is 0.914. The van der Waals surface area contributed by atoms with E-state index >= 15 is 0 Å². The van der Waals surface area contributed by atoms with E-state index in [2.05, 4.69) is 146 Å². The largest absolute Gasteiger partial charge is 0.248 e. The first-order valence-electron chi connectivity index (χ1n) is 19.5. The third-order valence-electron chi connectivity index (χ3n) is 10.5. The molecular weight excluding hydrogens is 705 g/mol. The van der Waals surface area contributed by atoms with Crippen molar-refractivity contribution in [2.45, 2.75) is 0 Å². The second-order valence-electron chi connectivity index (χ2n) is 14.3. The van der Waals surface area contributed by atoms with Crippen molar-refractivity contribution < 1.29 is 0 Å². The Morgan fingerprint density at radius 1 is 0.190 bits per heavy atom. The Kier molecular flexibility index (Phi) is 9.18. The molecule has 0 saturated carbocycles. The number of nitrogens with zero attached hydrogens (tertiary/aromatic N) is 4. The molecule has 0 amide bonds. The van der Waals surface area contributed by atoms with Gasteiger partial charge < -0.3 is 0 Å². The van der Waals surface area contributed by atoms with Gasteiger partial charge in [-0.1, -0.05) is 194 Å². The summed E-state index contributed by atoms with van der Waals surface area (Å²) in [6, 6.07) is 76.0. The minimum atomic E-state index is 0.646. The van der Waals surface area contributed by atoms with Crippen LogP contribution in [-0.4, -0.2) is 19.9 Å². The fourth-order valence-corrected chi connectivity index (χ4v) is 7.42. The van der Waals surface area contributed by atoms with Crippen molar-refractivity contribution in [1.29, 1.82) is 0 Å². The molecule has 10 rings (SSSR count). The summed E-state index contributed by atoms with van der Waals surface area (Å²) in [4.78, 5) is 19.7. The lowest BCUT2D eigenvalue weighted by Gasteiger charge is -2.11. The zero-order chi connectivity index (χ0) is 38.7. The number of hydrogen-bond donors (Lipinski definition) is 0. The van der Waals surface area contributed by atoms with Crippen LogP contribution in [0.3, 0.4) is 0 Å². The maximum Gasteiger partial charge on any atom is 0.164 e. The Labute approximate surface area is 337 Å². The normalized spacial score (nSPS) is 11.1. The van der Waals surface area contributed by atoms with Crippen LogP contribution in [0, 0.1) is 0 Å². The predicted molar refractivity (Wildman–Crippen MR) is 239 cm³/mol. The summed E-state index contributed by atoms with van der Waals surface area (Å²) in [5, 5.41) is 2.39. The van der Waals surface area contributed by atoms with Crippen molar-refractivity contribution in [2.24, 2.45) is 0 Å². The zero-order valence-electron chi connectivity index (χ0n) is 31.6. The van der Waals surface area contributed by atoms with Crippen molar-refractivity contribution in [3.8, 4) is 90.1 Å². The summed E-state index contributed by atoms with van der Waals surface area (Å²) >= 11 is 0. The summed E-state index contributed by atoms with van der Waals surface area (Å²) in [7, 11) is 0. The van der Waals surface area contributed by atoms with Crippen LogP contribution in [0.1, 0.15) is 0 Å². The Hall–Kier alpha value is -7.82. The number of hydrogen-bond acceptors (Lipinski definition) is 4. The Morgan fingerprint density at radius 2 is 0.483 bits per heavy atom. The van der Waals surface area contributed by atoms with E-state index in [-0.39, 0.29) is 0 Å². The highest BCUT2D eigenvalue weighted by Crippen LogP contribution is 2.34. The standard InChI is InChI=1S/C54H36N4/c1-5-13-40(14-6-1)50-35-49(36-51(55-50)41-15-7-2-8-16-41)39-23-21-37(22-24-39)45-29-31-48-34-46(30-32-47(48)33-45)38-25-27-44(28-26-38)54-57-52(42-17-9-3-10-18-42)56-53(58-54)43-19-11-4-12-20-43/h1-36H. The van der Waals surface area contributed by atoms with E-state index in [0.29, 0.717) is 17.5 Å². The molecule has 272 valence electrons. The number of rotatable bonds is 8. The molecule has 0 aliphatic rings. The van der Waals surface area contributed by atoms with Crippen LogP contribution in [0.4, 0.5) is 0 Å². The van der Waals surface area contributed by atoms with Crippen molar-refractivity contribution >= 4 is 10.8 Å². The number of aromatic nitrogens is 4. The molecule has 4 heteroatoms. The molecule has 8 aromatic carbocycles. The lowest BCUT2D eigenvalue weighted by atomic mass is 9.95. The lowest BCUT2D eigenvalue weighted by Crippen LogP contribution is -2.00. The highest BCUT2D eigenvalue weighted by atomic mass is 15.0. The van der Waals surface area contributed by atoms with Crippen LogP contribution in [0.15, 0.2) is 218 Å². The van der Waals surface area contributed by atoms with Gasteiger partial charge in [-0.15, -0.1) is 0 Å². The van der Waals surface area contributed by atoms with Crippen LogP contribution < -0.4 is 0 Å². The molecule has 0 atom stereocenters. The van der Waals surface area contributed by atoms with Gasteiger partial charge in [-0.3, -0.25) is 0 Å². The molecule has 0 aliphatic heterocycles.